The molecule has 1 unspecified atom stereocenters. The molecular formula is C16H20F3IO2. The maximum atomic E-state index is 12.3. The highest BCUT2D eigenvalue weighted by atomic mass is 127. The van der Waals surface area contributed by atoms with Crippen LogP contribution in [0.15, 0.2) is 33.9 Å². The normalized spacial score (nSPS) is 14.3. The zero-order chi connectivity index (χ0) is 16.8. The molecule has 0 saturated carbocycles. The van der Waals surface area contributed by atoms with Gasteiger partial charge in [-0.05, 0) is 49.8 Å². The number of hydrogen-bond acceptors (Lipinski definition) is 2. The Morgan fingerprint density at radius 1 is 1.23 bits per heavy atom. The molecule has 0 aromatic heterocycles. The summed E-state index contributed by atoms with van der Waals surface area (Å²) in [4.78, 5) is 0. The van der Waals surface area contributed by atoms with Crippen LogP contribution in [0.25, 0.3) is 0 Å². The molecule has 0 aliphatic heterocycles. The van der Waals surface area contributed by atoms with Gasteiger partial charge in [0.05, 0.1) is 19.8 Å². The first kappa shape index (κ1) is 19.3. The number of halogens is 4. The second-order valence-corrected chi connectivity index (χ2v) is 6.66. The molecule has 0 aliphatic rings. The number of alkyl halides is 3. The summed E-state index contributed by atoms with van der Waals surface area (Å²) < 4.78 is 48.2. The van der Waals surface area contributed by atoms with Crippen molar-refractivity contribution in [2.75, 3.05) is 7.11 Å². The van der Waals surface area contributed by atoms with Crippen LogP contribution in [0, 0.1) is 5.92 Å². The van der Waals surface area contributed by atoms with E-state index < -0.39 is 6.18 Å². The summed E-state index contributed by atoms with van der Waals surface area (Å²) in [6.45, 7) is 4.25. The van der Waals surface area contributed by atoms with Crippen LogP contribution in [-0.4, -0.2) is 19.4 Å². The number of hydrogen-bond donors (Lipinski definition) is 0. The van der Waals surface area contributed by atoms with Gasteiger partial charge < -0.3 is 9.47 Å². The highest BCUT2D eigenvalue weighted by molar-refractivity contribution is 14.1. The van der Waals surface area contributed by atoms with Gasteiger partial charge in [0.2, 0.25) is 0 Å². The maximum absolute atomic E-state index is 12.3. The Kier molecular flexibility index (Phi) is 7.68. The Labute approximate surface area is 142 Å². The Bertz CT molecular complexity index is 481. The molecule has 1 aromatic carbocycles. The van der Waals surface area contributed by atoms with Crippen molar-refractivity contribution < 1.29 is 22.6 Å². The predicted molar refractivity (Wildman–Crippen MR) is 89.2 cm³/mol. The Balaban J connectivity index is 2.62. The smallest absolute Gasteiger partial charge is 0.410 e. The molecule has 0 radical (unpaired) electrons. The van der Waals surface area contributed by atoms with Crippen LogP contribution >= 0.6 is 22.6 Å². The number of benzene rings is 1. The van der Waals surface area contributed by atoms with Gasteiger partial charge in [-0.25, -0.2) is 0 Å². The van der Waals surface area contributed by atoms with Crippen molar-refractivity contribution in [1.29, 1.82) is 0 Å². The van der Waals surface area contributed by atoms with E-state index in [4.69, 9.17) is 9.47 Å². The van der Waals surface area contributed by atoms with Crippen LogP contribution in [0.2, 0.25) is 0 Å². The third-order valence-corrected chi connectivity index (χ3v) is 3.83. The number of rotatable bonds is 7. The fraction of sp³-hybridized carbons (Fsp3) is 0.500. The molecule has 1 aromatic rings. The second kappa shape index (κ2) is 8.76. The SMILES string of the molecule is COc1ccc(COC(C/C(I)=C\C(F)(F)F)C(C)C)cc1. The van der Waals surface area contributed by atoms with Crippen LogP contribution in [0.5, 0.6) is 5.75 Å². The van der Waals surface area contributed by atoms with Gasteiger partial charge >= 0.3 is 6.18 Å². The van der Waals surface area contributed by atoms with E-state index in [1.165, 1.54) is 0 Å². The lowest BCUT2D eigenvalue weighted by molar-refractivity contribution is -0.0804. The molecule has 22 heavy (non-hydrogen) atoms. The number of ether oxygens (including phenoxy) is 2. The minimum Gasteiger partial charge on any atom is -0.497 e. The molecule has 124 valence electrons. The zero-order valence-electron chi connectivity index (χ0n) is 12.8. The molecule has 1 atom stereocenters. The summed E-state index contributed by atoms with van der Waals surface area (Å²) in [6, 6.07) is 7.42. The first-order valence-electron chi connectivity index (χ1n) is 6.89. The van der Waals surface area contributed by atoms with E-state index >= 15 is 0 Å². The molecule has 0 bridgehead atoms. The zero-order valence-corrected chi connectivity index (χ0v) is 14.9. The van der Waals surface area contributed by atoms with E-state index in [1.807, 2.05) is 38.1 Å². The van der Waals surface area contributed by atoms with Gasteiger partial charge in [-0.15, -0.1) is 0 Å². The van der Waals surface area contributed by atoms with Crippen LogP contribution in [0.1, 0.15) is 25.8 Å². The van der Waals surface area contributed by atoms with Crippen molar-refractivity contribution in [3.63, 3.8) is 0 Å². The average Bonchev–Trinajstić information content (AvgIpc) is 2.41. The van der Waals surface area contributed by atoms with E-state index in [0.717, 1.165) is 11.3 Å². The van der Waals surface area contributed by atoms with Crippen molar-refractivity contribution in [3.05, 3.63) is 39.5 Å². The van der Waals surface area contributed by atoms with E-state index in [9.17, 15) is 13.2 Å². The van der Waals surface area contributed by atoms with Crippen molar-refractivity contribution in [1.82, 2.24) is 0 Å². The average molecular weight is 428 g/mol. The molecular weight excluding hydrogens is 408 g/mol. The summed E-state index contributed by atoms with van der Waals surface area (Å²) in [5.74, 6) is 0.886. The van der Waals surface area contributed by atoms with Gasteiger partial charge in [-0.3, -0.25) is 0 Å². The third kappa shape index (κ3) is 7.49. The van der Waals surface area contributed by atoms with Crippen LogP contribution in [0.4, 0.5) is 13.2 Å². The number of methoxy groups -OCH3 is 1. The Morgan fingerprint density at radius 2 is 1.82 bits per heavy atom. The molecule has 0 amide bonds. The largest absolute Gasteiger partial charge is 0.497 e. The summed E-state index contributed by atoms with van der Waals surface area (Å²) in [5, 5.41) is 0. The molecule has 0 spiro atoms. The van der Waals surface area contributed by atoms with Gasteiger partial charge in [-0.2, -0.15) is 13.2 Å². The van der Waals surface area contributed by atoms with Crippen molar-refractivity contribution in [2.45, 2.75) is 39.2 Å². The van der Waals surface area contributed by atoms with E-state index in [-0.39, 0.29) is 22.0 Å². The van der Waals surface area contributed by atoms with Crippen molar-refractivity contribution in [2.24, 2.45) is 5.92 Å². The van der Waals surface area contributed by atoms with Gasteiger partial charge in [0.15, 0.2) is 0 Å². The lowest BCUT2D eigenvalue weighted by Crippen LogP contribution is -2.20. The molecule has 0 N–H and O–H groups in total. The molecule has 1 rings (SSSR count). The fourth-order valence-corrected chi connectivity index (χ4v) is 2.63. The van der Waals surface area contributed by atoms with Gasteiger partial charge in [-0.1, -0.05) is 26.0 Å². The summed E-state index contributed by atoms with van der Waals surface area (Å²) in [5.41, 5.74) is 0.959. The topological polar surface area (TPSA) is 18.5 Å². The lowest BCUT2D eigenvalue weighted by atomic mass is 10.0. The quantitative estimate of drug-likeness (QED) is 0.534. The molecule has 6 heteroatoms. The van der Waals surface area contributed by atoms with E-state index in [2.05, 4.69) is 0 Å². The van der Waals surface area contributed by atoms with Crippen LogP contribution in [-0.2, 0) is 11.3 Å². The monoisotopic (exact) mass is 428 g/mol. The Hall–Kier alpha value is -0.760. The summed E-state index contributed by atoms with van der Waals surface area (Å²) in [6.07, 6.45) is -3.95. The van der Waals surface area contributed by atoms with E-state index in [1.54, 1.807) is 29.7 Å². The standard InChI is InChI=1S/C16H20F3IO2/c1-11(2)15(8-13(20)9-16(17,18)19)22-10-12-4-6-14(21-3)7-5-12/h4-7,9,11,15H,8,10H2,1-3H3/b13-9+. The summed E-state index contributed by atoms with van der Waals surface area (Å²) in [7, 11) is 1.59. The third-order valence-electron chi connectivity index (χ3n) is 3.08. The molecule has 2 nitrogen and oxygen atoms in total. The minimum absolute atomic E-state index is 0.129. The van der Waals surface area contributed by atoms with Crippen LogP contribution < -0.4 is 4.74 Å². The van der Waals surface area contributed by atoms with Gasteiger partial charge in [0.25, 0.3) is 0 Å². The summed E-state index contributed by atoms with van der Waals surface area (Å²) >= 11 is 1.72. The molecule has 0 saturated heterocycles. The second-order valence-electron chi connectivity index (χ2n) is 5.28. The van der Waals surface area contributed by atoms with Crippen molar-refractivity contribution >= 4 is 22.6 Å². The highest BCUT2D eigenvalue weighted by Gasteiger charge is 2.25. The number of allylic oxidation sites excluding steroid dienone is 1. The van der Waals surface area contributed by atoms with Crippen LogP contribution in [0.3, 0.4) is 0 Å². The minimum atomic E-state index is -4.28. The van der Waals surface area contributed by atoms with Gasteiger partial charge in [0, 0.05) is 12.5 Å². The van der Waals surface area contributed by atoms with Gasteiger partial charge in [0.1, 0.15) is 5.75 Å². The van der Waals surface area contributed by atoms with E-state index in [0.29, 0.717) is 12.7 Å². The lowest BCUT2D eigenvalue weighted by Gasteiger charge is -2.22. The molecule has 0 heterocycles. The molecule has 0 aliphatic carbocycles. The maximum Gasteiger partial charge on any atom is 0.410 e. The fourth-order valence-electron chi connectivity index (χ4n) is 1.84. The first-order valence-corrected chi connectivity index (χ1v) is 7.97. The first-order chi connectivity index (χ1) is 10.2. The molecule has 0 fully saturated rings. The Morgan fingerprint density at radius 3 is 2.27 bits per heavy atom. The van der Waals surface area contributed by atoms with Crippen molar-refractivity contribution in [3.8, 4) is 5.75 Å². The highest BCUT2D eigenvalue weighted by Crippen LogP contribution is 2.27. The predicted octanol–water partition coefficient (Wildman–Crippen LogP) is 5.51.